The van der Waals surface area contributed by atoms with Crippen LogP contribution < -0.4 is 5.32 Å². The average Bonchev–Trinajstić information content (AvgIpc) is 2.88. The maximum atomic E-state index is 12.2. The Balaban J connectivity index is 1.69. The van der Waals surface area contributed by atoms with Gasteiger partial charge in [0.1, 0.15) is 5.60 Å². The molecule has 1 N–H and O–H groups in total. The van der Waals surface area contributed by atoms with Gasteiger partial charge in [-0.15, -0.1) is 0 Å². The number of ether oxygens (including phenoxy) is 1. The van der Waals surface area contributed by atoms with E-state index in [1.807, 2.05) is 49.7 Å². The molecule has 6 heteroatoms. The minimum Gasteiger partial charge on any atom is -0.444 e. The van der Waals surface area contributed by atoms with Crippen molar-refractivity contribution < 1.29 is 9.53 Å². The standard InChI is InChI=1S/C17H30N4O2/c1-17(2,3)23-16(22)21-11-5-6-14(13-21)7-9-18-12-15-8-10-19-20(15)4/h8,10,14,18H,5-7,9,11-13H2,1-4H3. The van der Waals surface area contributed by atoms with E-state index in [0.29, 0.717) is 5.92 Å². The summed E-state index contributed by atoms with van der Waals surface area (Å²) < 4.78 is 7.36. The van der Waals surface area contributed by atoms with Crippen molar-refractivity contribution >= 4 is 6.09 Å². The van der Waals surface area contributed by atoms with Gasteiger partial charge in [0.05, 0.1) is 5.69 Å². The van der Waals surface area contributed by atoms with E-state index in [2.05, 4.69) is 10.4 Å². The predicted octanol–water partition coefficient (Wildman–Crippen LogP) is 2.55. The average molecular weight is 322 g/mol. The van der Waals surface area contributed by atoms with Crippen molar-refractivity contribution in [2.75, 3.05) is 19.6 Å². The van der Waals surface area contributed by atoms with Gasteiger partial charge in [-0.1, -0.05) is 0 Å². The number of carbonyl (C=O) groups is 1. The highest BCUT2D eigenvalue weighted by Crippen LogP contribution is 2.21. The van der Waals surface area contributed by atoms with E-state index in [4.69, 9.17) is 4.74 Å². The molecule has 0 saturated carbocycles. The van der Waals surface area contributed by atoms with Crippen LogP contribution in [0.1, 0.15) is 45.7 Å². The van der Waals surface area contributed by atoms with Crippen molar-refractivity contribution in [1.29, 1.82) is 0 Å². The number of nitrogens with zero attached hydrogens (tertiary/aromatic N) is 3. The molecule has 130 valence electrons. The Morgan fingerprint density at radius 2 is 2.26 bits per heavy atom. The molecule has 23 heavy (non-hydrogen) atoms. The Hall–Kier alpha value is -1.56. The molecule has 1 fully saturated rings. The van der Waals surface area contributed by atoms with E-state index in [9.17, 15) is 4.79 Å². The van der Waals surface area contributed by atoms with Gasteiger partial charge in [-0.2, -0.15) is 5.10 Å². The second kappa shape index (κ2) is 7.81. The largest absolute Gasteiger partial charge is 0.444 e. The number of aromatic nitrogens is 2. The Labute approximate surface area is 139 Å². The molecule has 0 radical (unpaired) electrons. The van der Waals surface area contributed by atoms with Gasteiger partial charge in [-0.25, -0.2) is 4.79 Å². The lowest BCUT2D eigenvalue weighted by Crippen LogP contribution is -2.43. The molecule has 0 bridgehead atoms. The van der Waals surface area contributed by atoms with Crippen molar-refractivity contribution in [2.24, 2.45) is 13.0 Å². The number of hydrogen-bond acceptors (Lipinski definition) is 4. The number of piperidine rings is 1. The molecular formula is C17H30N4O2. The van der Waals surface area contributed by atoms with Crippen LogP contribution in [0.15, 0.2) is 12.3 Å². The fourth-order valence-electron chi connectivity index (χ4n) is 2.89. The summed E-state index contributed by atoms with van der Waals surface area (Å²) >= 11 is 0. The summed E-state index contributed by atoms with van der Waals surface area (Å²) in [6, 6.07) is 2.03. The SMILES string of the molecule is Cn1nccc1CNCCC1CCCN(C(=O)OC(C)(C)C)C1. The fourth-order valence-corrected chi connectivity index (χ4v) is 2.89. The highest BCUT2D eigenvalue weighted by atomic mass is 16.6. The smallest absolute Gasteiger partial charge is 0.410 e. The molecule has 2 rings (SSSR count). The van der Waals surface area contributed by atoms with E-state index < -0.39 is 5.60 Å². The first kappa shape index (κ1) is 17.8. The third-order valence-electron chi connectivity index (χ3n) is 4.13. The van der Waals surface area contributed by atoms with E-state index in [1.165, 1.54) is 12.1 Å². The molecule has 6 nitrogen and oxygen atoms in total. The molecule has 1 amide bonds. The van der Waals surface area contributed by atoms with Crippen molar-refractivity contribution in [3.8, 4) is 0 Å². The van der Waals surface area contributed by atoms with Gasteiger partial charge >= 0.3 is 6.09 Å². The van der Waals surface area contributed by atoms with Gasteiger partial charge in [0.25, 0.3) is 0 Å². The summed E-state index contributed by atoms with van der Waals surface area (Å²) in [5.74, 6) is 0.551. The number of amides is 1. The molecule has 0 aliphatic carbocycles. The summed E-state index contributed by atoms with van der Waals surface area (Å²) in [5.41, 5.74) is 0.762. The lowest BCUT2D eigenvalue weighted by molar-refractivity contribution is 0.0162. The maximum absolute atomic E-state index is 12.2. The Morgan fingerprint density at radius 1 is 1.48 bits per heavy atom. The highest BCUT2D eigenvalue weighted by Gasteiger charge is 2.27. The lowest BCUT2D eigenvalue weighted by Gasteiger charge is -2.34. The second-order valence-corrected chi connectivity index (χ2v) is 7.35. The summed E-state index contributed by atoms with van der Waals surface area (Å²) in [7, 11) is 1.96. The monoisotopic (exact) mass is 322 g/mol. The van der Waals surface area contributed by atoms with Crippen LogP contribution in [0, 0.1) is 5.92 Å². The summed E-state index contributed by atoms with van der Waals surface area (Å²) in [4.78, 5) is 14.0. The highest BCUT2D eigenvalue weighted by molar-refractivity contribution is 5.68. The van der Waals surface area contributed by atoms with Crippen molar-refractivity contribution in [3.63, 3.8) is 0 Å². The zero-order valence-corrected chi connectivity index (χ0v) is 14.8. The maximum Gasteiger partial charge on any atom is 0.410 e. The van der Waals surface area contributed by atoms with Gasteiger partial charge in [0.15, 0.2) is 0 Å². The van der Waals surface area contributed by atoms with Crippen molar-refractivity contribution in [3.05, 3.63) is 18.0 Å². The van der Waals surface area contributed by atoms with E-state index in [0.717, 1.165) is 39.0 Å². The van der Waals surface area contributed by atoms with E-state index >= 15 is 0 Å². The number of nitrogens with one attached hydrogen (secondary N) is 1. The summed E-state index contributed by atoms with van der Waals surface area (Å²) in [5, 5.41) is 7.63. The molecule has 1 aromatic rings. The Kier molecular flexibility index (Phi) is 6.04. The first-order valence-corrected chi connectivity index (χ1v) is 8.50. The molecule has 1 saturated heterocycles. The van der Waals surface area contributed by atoms with Gasteiger partial charge < -0.3 is 15.0 Å². The number of likely N-dealkylation sites (tertiary alicyclic amines) is 1. The van der Waals surface area contributed by atoms with Crippen LogP contribution in [0.3, 0.4) is 0 Å². The molecule has 0 aromatic carbocycles. The fraction of sp³-hybridized carbons (Fsp3) is 0.765. The topological polar surface area (TPSA) is 59.4 Å². The quantitative estimate of drug-likeness (QED) is 0.846. The summed E-state index contributed by atoms with van der Waals surface area (Å²) in [6.07, 6.45) is 4.97. The first-order valence-electron chi connectivity index (χ1n) is 8.50. The number of aryl methyl sites for hydroxylation is 1. The van der Waals surface area contributed by atoms with Crippen LogP contribution in [-0.2, 0) is 18.3 Å². The number of rotatable bonds is 5. The van der Waals surface area contributed by atoms with E-state index in [1.54, 1.807) is 0 Å². The van der Waals surface area contributed by atoms with Crippen LogP contribution in [0.2, 0.25) is 0 Å². The van der Waals surface area contributed by atoms with Gasteiger partial charge in [-0.05, 0) is 58.6 Å². The minimum atomic E-state index is -0.422. The third-order valence-corrected chi connectivity index (χ3v) is 4.13. The van der Waals surface area contributed by atoms with Crippen LogP contribution in [0.4, 0.5) is 4.79 Å². The zero-order valence-electron chi connectivity index (χ0n) is 14.8. The first-order chi connectivity index (χ1) is 10.8. The Bertz CT molecular complexity index is 507. The number of carbonyl (C=O) groups excluding carboxylic acids is 1. The zero-order chi connectivity index (χ0) is 16.9. The van der Waals surface area contributed by atoms with Crippen molar-refractivity contribution in [1.82, 2.24) is 20.0 Å². The van der Waals surface area contributed by atoms with Gasteiger partial charge in [0, 0.05) is 32.9 Å². The van der Waals surface area contributed by atoms with Crippen molar-refractivity contribution in [2.45, 2.75) is 52.2 Å². The summed E-state index contributed by atoms with van der Waals surface area (Å²) in [6.45, 7) is 9.14. The third kappa shape index (κ3) is 5.86. The van der Waals surface area contributed by atoms with Crippen LogP contribution in [-0.4, -0.2) is 46.0 Å². The van der Waals surface area contributed by atoms with Crippen LogP contribution >= 0.6 is 0 Å². The molecule has 1 unspecified atom stereocenters. The molecule has 2 heterocycles. The molecule has 1 aromatic heterocycles. The van der Waals surface area contributed by atoms with Gasteiger partial charge in [0.2, 0.25) is 0 Å². The molecule has 1 atom stereocenters. The molecule has 1 aliphatic rings. The lowest BCUT2D eigenvalue weighted by atomic mass is 9.95. The van der Waals surface area contributed by atoms with E-state index in [-0.39, 0.29) is 6.09 Å². The predicted molar refractivity (Wildman–Crippen MR) is 90.1 cm³/mol. The normalized spacial score (nSPS) is 19.0. The minimum absolute atomic E-state index is 0.176. The molecular weight excluding hydrogens is 292 g/mol. The molecule has 1 aliphatic heterocycles. The number of hydrogen-bond donors (Lipinski definition) is 1. The van der Waals surface area contributed by atoms with Crippen LogP contribution in [0.25, 0.3) is 0 Å². The van der Waals surface area contributed by atoms with Gasteiger partial charge in [-0.3, -0.25) is 4.68 Å². The van der Waals surface area contributed by atoms with Crippen LogP contribution in [0.5, 0.6) is 0 Å². The molecule has 0 spiro atoms. The second-order valence-electron chi connectivity index (χ2n) is 7.35. The Morgan fingerprint density at radius 3 is 2.91 bits per heavy atom.